The van der Waals surface area contributed by atoms with E-state index in [4.69, 9.17) is 0 Å². The highest BCUT2D eigenvalue weighted by Gasteiger charge is 2.15. The van der Waals surface area contributed by atoms with Crippen LogP contribution in [0.3, 0.4) is 0 Å². The summed E-state index contributed by atoms with van der Waals surface area (Å²) in [5.74, 6) is 0. The highest BCUT2D eigenvalue weighted by Crippen LogP contribution is 2.35. The monoisotopic (exact) mass is 238 g/mol. The third-order valence-corrected chi connectivity index (χ3v) is 3.74. The zero-order valence-corrected chi connectivity index (χ0v) is 9.60. The summed E-state index contributed by atoms with van der Waals surface area (Å²) < 4.78 is 0. The molecule has 1 aliphatic rings. The van der Waals surface area contributed by atoms with Crippen molar-refractivity contribution >= 4 is 15.9 Å². The topological polar surface area (TPSA) is 0 Å². The fourth-order valence-corrected chi connectivity index (χ4v) is 2.78. The number of fused-ring (bicyclic) bond motifs is 1. The predicted octanol–water partition coefficient (Wildman–Crippen LogP) is 4.16. The van der Waals surface area contributed by atoms with Crippen LogP contribution in [0, 0.1) is 6.92 Å². The van der Waals surface area contributed by atoms with Gasteiger partial charge >= 0.3 is 0 Å². The number of rotatable bonds is 0. The molecule has 0 aromatic heterocycles. The molecule has 1 unspecified atom stereocenters. The number of aryl methyl sites for hydroxylation is 2. The molecule has 0 amide bonds. The summed E-state index contributed by atoms with van der Waals surface area (Å²) in [6.07, 6.45) is 5.25. The summed E-state index contributed by atoms with van der Waals surface area (Å²) in [5.41, 5.74) is 4.45. The molecule has 1 aliphatic carbocycles. The van der Waals surface area contributed by atoms with Gasteiger partial charge in [-0.3, -0.25) is 0 Å². The van der Waals surface area contributed by atoms with E-state index in [-0.39, 0.29) is 0 Å². The van der Waals surface area contributed by atoms with Gasteiger partial charge in [0.2, 0.25) is 0 Å². The molecule has 0 heterocycles. The van der Waals surface area contributed by atoms with Gasteiger partial charge in [0, 0.05) is 4.83 Å². The lowest BCUT2D eigenvalue weighted by Gasteiger charge is -2.11. The Balaban J connectivity index is 2.43. The van der Waals surface area contributed by atoms with Gasteiger partial charge in [-0.2, -0.15) is 0 Å². The zero-order valence-electron chi connectivity index (χ0n) is 8.02. The van der Waals surface area contributed by atoms with Crippen molar-refractivity contribution < 1.29 is 0 Å². The third-order valence-electron chi connectivity index (χ3n) is 2.79. The van der Waals surface area contributed by atoms with E-state index in [1.807, 2.05) is 0 Å². The molecule has 2 rings (SSSR count). The summed E-state index contributed by atoms with van der Waals surface area (Å²) in [6, 6.07) is 6.86. The van der Waals surface area contributed by atoms with Crippen molar-refractivity contribution in [3.8, 4) is 0 Å². The van der Waals surface area contributed by atoms with Crippen LogP contribution in [0.5, 0.6) is 0 Å². The molecule has 0 radical (unpaired) electrons. The van der Waals surface area contributed by atoms with Crippen LogP contribution < -0.4 is 0 Å². The smallest absolute Gasteiger partial charge is 0.0398 e. The van der Waals surface area contributed by atoms with Crippen LogP contribution in [0.15, 0.2) is 18.2 Å². The van der Waals surface area contributed by atoms with Crippen LogP contribution in [0.4, 0.5) is 0 Å². The van der Waals surface area contributed by atoms with Gasteiger partial charge in [0.25, 0.3) is 0 Å². The first-order valence-electron chi connectivity index (χ1n) is 5.01. The van der Waals surface area contributed by atoms with E-state index < -0.39 is 0 Å². The SMILES string of the molecule is Cc1ccc2c(c1)C(Br)CCCC2. The molecule has 0 bridgehead atoms. The van der Waals surface area contributed by atoms with Gasteiger partial charge in [-0.05, 0) is 37.3 Å². The van der Waals surface area contributed by atoms with E-state index in [2.05, 4.69) is 41.1 Å². The maximum atomic E-state index is 3.77. The molecule has 70 valence electrons. The molecule has 0 N–H and O–H groups in total. The van der Waals surface area contributed by atoms with Crippen LogP contribution in [-0.2, 0) is 6.42 Å². The van der Waals surface area contributed by atoms with Crippen LogP contribution >= 0.6 is 15.9 Å². The summed E-state index contributed by atoms with van der Waals surface area (Å²) in [5, 5.41) is 0. The molecular weight excluding hydrogens is 224 g/mol. The number of benzene rings is 1. The van der Waals surface area contributed by atoms with E-state index in [1.165, 1.54) is 36.8 Å². The molecule has 0 spiro atoms. The van der Waals surface area contributed by atoms with Crippen LogP contribution in [-0.4, -0.2) is 0 Å². The lowest BCUT2D eigenvalue weighted by Crippen LogP contribution is -1.93. The van der Waals surface area contributed by atoms with E-state index in [1.54, 1.807) is 5.56 Å². The molecule has 1 aromatic rings. The zero-order chi connectivity index (χ0) is 9.26. The Hall–Kier alpha value is -0.300. The minimum atomic E-state index is 0.588. The van der Waals surface area contributed by atoms with Gasteiger partial charge in [0.1, 0.15) is 0 Å². The van der Waals surface area contributed by atoms with E-state index in [0.717, 1.165) is 0 Å². The van der Waals surface area contributed by atoms with Gasteiger partial charge in [-0.15, -0.1) is 0 Å². The Morgan fingerprint density at radius 3 is 3.00 bits per heavy atom. The molecule has 0 saturated heterocycles. The number of alkyl halides is 1. The summed E-state index contributed by atoms with van der Waals surface area (Å²) in [6.45, 7) is 2.17. The first-order chi connectivity index (χ1) is 6.27. The van der Waals surface area contributed by atoms with Gasteiger partial charge < -0.3 is 0 Å². The highest BCUT2D eigenvalue weighted by atomic mass is 79.9. The van der Waals surface area contributed by atoms with Crippen molar-refractivity contribution in [1.82, 2.24) is 0 Å². The van der Waals surface area contributed by atoms with Gasteiger partial charge in [0.05, 0.1) is 0 Å². The van der Waals surface area contributed by atoms with Crippen molar-refractivity contribution in [3.05, 3.63) is 34.9 Å². The summed E-state index contributed by atoms with van der Waals surface area (Å²) in [4.78, 5) is 0.588. The minimum Gasteiger partial charge on any atom is -0.0839 e. The lowest BCUT2D eigenvalue weighted by molar-refractivity contribution is 0.708. The maximum absolute atomic E-state index is 3.77. The molecule has 1 aromatic carbocycles. The summed E-state index contributed by atoms with van der Waals surface area (Å²) in [7, 11) is 0. The van der Waals surface area contributed by atoms with E-state index >= 15 is 0 Å². The Labute approximate surface area is 88.5 Å². The fraction of sp³-hybridized carbons (Fsp3) is 0.500. The van der Waals surface area contributed by atoms with Gasteiger partial charge in [-0.1, -0.05) is 46.1 Å². The predicted molar refractivity (Wildman–Crippen MR) is 60.4 cm³/mol. The first kappa shape index (κ1) is 9.26. The van der Waals surface area contributed by atoms with E-state index in [0.29, 0.717) is 4.83 Å². The van der Waals surface area contributed by atoms with Crippen molar-refractivity contribution in [2.45, 2.75) is 37.4 Å². The molecule has 0 fully saturated rings. The fourth-order valence-electron chi connectivity index (χ4n) is 2.03. The van der Waals surface area contributed by atoms with Crippen molar-refractivity contribution in [2.24, 2.45) is 0 Å². The minimum absolute atomic E-state index is 0.588. The Bertz CT molecular complexity index is 304. The van der Waals surface area contributed by atoms with Gasteiger partial charge in [0.15, 0.2) is 0 Å². The van der Waals surface area contributed by atoms with Crippen LogP contribution in [0.25, 0.3) is 0 Å². The van der Waals surface area contributed by atoms with E-state index in [9.17, 15) is 0 Å². The lowest BCUT2D eigenvalue weighted by atomic mass is 10.0. The van der Waals surface area contributed by atoms with Gasteiger partial charge in [-0.25, -0.2) is 0 Å². The molecule has 1 heteroatoms. The Morgan fingerprint density at radius 1 is 1.31 bits per heavy atom. The molecular formula is C12H15Br. The highest BCUT2D eigenvalue weighted by molar-refractivity contribution is 9.09. The van der Waals surface area contributed by atoms with Crippen molar-refractivity contribution in [2.75, 3.05) is 0 Å². The maximum Gasteiger partial charge on any atom is 0.0398 e. The van der Waals surface area contributed by atoms with Crippen LogP contribution in [0.1, 0.15) is 40.8 Å². The number of hydrogen-bond acceptors (Lipinski definition) is 0. The molecule has 1 atom stereocenters. The quantitative estimate of drug-likeness (QED) is 0.471. The number of halogens is 1. The third kappa shape index (κ3) is 1.96. The molecule has 0 saturated carbocycles. The molecule has 0 aliphatic heterocycles. The number of hydrogen-bond donors (Lipinski definition) is 0. The normalized spacial score (nSPS) is 22.2. The second-order valence-electron chi connectivity index (χ2n) is 3.92. The average Bonchev–Trinajstić information content (AvgIpc) is 2.29. The molecule has 13 heavy (non-hydrogen) atoms. The average molecular weight is 239 g/mol. The standard InChI is InChI=1S/C12H15Br/c1-9-6-7-10-4-2-3-5-12(13)11(10)8-9/h6-8,12H,2-5H2,1H3. The second kappa shape index (κ2) is 3.83. The summed E-state index contributed by atoms with van der Waals surface area (Å²) >= 11 is 3.77. The van der Waals surface area contributed by atoms with Crippen LogP contribution in [0.2, 0.25) is 0 Å². The first-order valence-corrected chi connectivity index (χ1v) is 5.92. The Kier molecular flexibility index (Phi) is 2.73. The van der Waals surface area contributed by atoms with Crippen molar-refractivity contribution in [3.63, 3.8) is 0 Å². The molecule has 0 nitrogen and oxygen atoms in total. The second-order valence-corrected chi connectivity index (χ2v) is 5.02. The Morgan fingerprint density at radius 2 is 2.15 bits per heavy atom. The largest absolute Gasteiger partial charge is 0.0839 e. The van der Waals surface area contributed by atoms with Crippen molar-refractivity contribution in [1.29, 1.82) is 0 Å².